The topological polar surface area (TPSA) is 6.48 Å². The van der Waals surface area contributed by atoms with Crippen LogP contribution in [-0.4, -0.2) is 67.6 Å². The number of thiocarbonyl (C=S) groups is 2. The second kappa shape index (κ2) is 17.0. The van der Waals surface area contributed by atoms with E-state index in [-0.39, 0.29) is 0 Å². The van der Waals surface area contributed by atoms with Gasteiger partial charge in [0.25, 0.3) is 0 Å². The van der Waals surface area contributed by atoms with Crippen molar-refractivity contribution in [1.82, 2.24) is 9.80 Å². The SMILES string of the molecule is CCN(CC)C(=S)SSCCSCCSSC(=S)N(CC)CC. The summed E-state index contributed by atoms with van der Waals surface area (Å²) in [5.41, 5.74) is 0. The second-order valence-corrected chi connectivity index (χ2v) is 11.6. The van der Waals surface area contributed by atoms with Gasteiger partial charge in [0.15, 0.2) is 0 Å². The Morgan fingerprint density at radius 2 is 1.00 bits per heavy atom. The maximum atomic E-state index is 5.41. The van der Waals surface area contributed by atoms with E-state index in [9.17, 15) is 0 Å². The lowest BCUT2D eigenvalue weighted by molar-refractivity contribution is 0.482. The Kier molecular flexibility index (Phi) is 18.1. The van der Waals surface area contributed by atoms with Crippen molar-refractivity contribution in [1.29, 1.82) is 0 Å². The first-order valence-electron chi connectivity index (χ1n) is 7.85. The summed E-state index contributed by atoms with van der Waals surface area (Å²) in [6, 6.07) is 0. The van der Waals surface area contributed by atoms with E-state index in [4.69, 9.17) is 24.4 Å². The van der Waals surface area contributed by atoms with Gasteiger partial charge in [0.2, 0.25) is 0 Å². The molecule has 0 saturated heterocycles. The van der Waals surface area contributed by atoms with Gasteiger partial charge in [0, 0.05) is 49.2 Å². The molecule has 0 rings (SSSR count). The summed E-state index contributed by atoms with van der Waals surface area (Å²) < 4.78 is 2.03. The van der Waals surface area contributed by atoms with Gasteiger partial charge in [-0.25, -0.2) is 0 Å². The van der Waals surface area contributed by atoms with Crippen LogP contribution in [0.1, 0.15) is 27.7 Å². The van der Waals surface area contributed by atoms with Crippen molar-refractivity contribution in [3.8, 4) is 0 Å². The summed E-state index contributed by atoms with van der Waals surface area (Å²) in [6.45, 7) is 12.6. The van der Waals surface area contributed by atoms with Crippen molar-refractivity contribution in [2.75, 3.05) is 49.2 Å². The Bertz CT molecular complexity index is 290. The fraction of sp³-hybridized carbons (Fsp3) is 0.857. The number of rotatable bonds is 12. The molecule has 0 saturated carbocycles. The molecule has 0 atom stereocenters. The summed E-state index contributed by atoms with van der Waals surface area (Å²) in [4.78, 5) is 4.46. The molecule has 2 nitrogen and oxygen atoms in total. The molecule has 9 heteroatoms. The van der Waals surface area contributed by atoms with Crippen LogP contribution < -0.4 is 0 Å². The molecule has 23 heavy (non-hydrogen) atoms. The molecular weight excluding hydrogens is 421 g/mol. The fourth-order valence-corrected chi connectivity index (χ4v) is 8.67. The summed E-state index contributed by atoms with van der Waals surface area (Å²) >= 11 is 12.8. The number of hydrogen-bond donors (Lipinski definition) is 0. The quantitative estimate of drug-likeness (QED) is 0.208. The third-order valence-corrected chi connectivity index (χ3v) is 10.5. The minimum atomic E-state index is 1.00. The molecule has 136 valence electrons. The summed E-state index contributed by atoms with van der Waals surface area (Å²) in [5, 5.41) is 0. The van der Waals surface area contributed by atoms with Crippen LogP contribution in [0.15, 0.2) is 0 Å². The lowest BCUT2D eigenvalue weighted by Gasteiger charge is -2.20. The van der Waals surface area contributed by atoms with Crippen LogP contribution in [0.2, 0.25) is 0 Å². The van der Waals surface area contributed by atoms with Crippen LogP contribution in [0.25, 0.3) is 0 Å². The molecule has 0 aromatic rings. The average molecular weight is 449 g/mol. The van der Waals surface area contributed by atoms with Crippen LogP contribution in [-0.2, 0) is 0 Å². The van der Waals surface area contributed by atoms with Crippen LogP contribution in [0.5, 0.6) is 0 Å². The second-order valence-electron chi connectivity index (χ2n) is 4.30. The van der Waals surface area contributed by atoms with Gasteiger partial charge >= 0.3 is 0 Å². The van der Waals surface area contributed by atoms with E-state index in [0.29, 0.717) is 0 Å². The molecule has 0 aromatic heterocycles. The molecule has 0 fully saturated rings. The van der Waals surface area contributed by atoms with Gasteiger partial charge in [0.05, 0.1) is 0 Å². The average Bonchev–Trinajstić information content (AvgIpc) is 2.55. The molecule has 0 aromatic carbocycles. The Morgan fingerprint density at radius 1 is 0.652 bits per heavy atom. The molecule has 0 N–H and O–H groups in total. The fourth-order valence-electron chi connectivity index (χ4n) is 1.54. The number of hydrogen-bond acceptors (Lipinski definition) is 7. The summed E-state index contributed by atoms with van der Waals surface area (Å²) in [6.07, 6.45) is 0. The molecule has 0 amide bonds. The van der Waals surface area contributed by atoms with Gasteiger partial charge in [0.1, 0.15) is 8.64 Å². The van der Waals surface area contributed by atoms with Crippen LogP contribution in [0, 0.1) is 0 Å². The van der Waals surface area contributed by atoms with E-state index in [1.165, 1.54) is 11.5 Å². The van der Waals surface area contributed by atoms with Crippen molar-refractivity contribution in [2.45, 2.75) is 27.7 Å². The maximum absolute atomic E-state index is 5.41. The first-order chi connectivity index (χ1) is 11.1. The van der Waals surface area contributed by atoms with Crippen LogP contribution >= 0.6 is 79.4 Å². The Labute approximate surface area is 173 Å². The molecule has 0 unspecified atom stereocenters. The standard InChI is InChI=1S/C14H28N2S7/c1-5-15(6-2)13(17)22-20-11-9-19-10-12-21-23-14(18)16(7-3)8-4/h5-12H2,1-4H3. The highest BCUT2D eigenvalue weighted by atomic mass is 33.1. The van der Waals surface area contributed by atoms with E-state index < -0.39 is 0 Å². The first kappa shape index (κ1) is 24.5. The largest absolute Gasteiger partial charge is 0.357 e. The highest BCUT2D eigenvalue weighted by Crippen LogP contribution is 2.28. The molecule has 0 aliphatic rings. The molecule has 0 bridgehead atoms. The highest BCUT2D eigenvalue weighted by molar-refractivity contribution is 8.84. The zero-order valence-electron chi connectivity index (χ0n) is 14.4. The van der Waals surface area contributed by atoms with Crippen molar-refractivity contribution in [2.24, 2.45) is 0 Å². The van der Waals surface area contributed by atoms with Gasteiger partial charge in [-0.05, 0) is 49.3 Å². The third kappa shape index (κ3) is 12.5. The Balaban J connectivity index is 3.47. The van der Waals surface area contributed by atoms with Crippen LogP contribution in [0.4, 0.5) is 0 Å². The molecule has 0 radical (unpaired) electrons. The van der Waals surface area contributed by atoms with E-state index in [0.717, 1.165) is 46.3 Å². The molecular formula is C14H28N2S7. The Morgan fingerprint density at radius 3 is 1.30 bits per heavy atom. The van der Waals surface area contributed by atoms with E-state index >= 15 is 0 Å². The van der Waals surface area contributed by atoms with E-state index in [1.807, 2.05) is 33.3 Å². The van der Waals surface area contributed by atoms with Crippen molar-refractivity contribution >= 4 is 88.0 Å². The smallest absolute Gasteiger partial charge is 0.147 e. The predicted molar refractivity (Wildman–Crippen MR) is 128 cm³/mol. The normalized spacial score (nSPS) is 10.6. The molecule has 0 aliphatic heterocycles. The zero-order valence-corrected chi connectivity index (χ0v) is 20.1. The third-order valence-electron chi connectivity index (χ3n) is 2.93. The van der Waals surface area contributed by atoms with Gasteiger partial charge in [-0.15, -0.1) is 0 Å². The Hall–Kier alpha value is 1.53. The number of nitrogens with zero attached hydrogens (tertiary/aromatic N) is 2. The first-order valence-corrected chi connectivity index (χ1v) is 14.5. The maximum Gasteiger partial charge on any atom is 0.147 e. The molecule has 0 spiro atoms. The highest BCUT2D eigenvalue weighted by Gasteiger charge is 2.07. The minimum Gasteiger partial charge on any atom is -0.357 e. The van der Waals surface area contributed by atoms with Gasteiger partial charge in [-0.1, -0.05) is 46.0 Å². The molecule has 0 heterocycles. The lowest BCUT2D eigenvalue weighted by atomic mass is 10.6. The predicted octanol–water partition coefficient (Wildman–Crippen LogP) is 5.74. The number of thioether (sulfide) groups is 1. The zero-order chi connectivity index (χ0) is 17.5. The monoisotopic (exact) mass is 448 g/mol. The summed E-state index contributed by atoms with van der Waals surface area (Å²) in [5.74, 6) is 4.66. The van der Waals surface area contributed by atoms with E-state index in [1.54, 1.807) is 21.6 Å². The summed E-state index contributed by atoms with van der Waals surface area (Å²) in [7, 11) is 7.23. The van der Waals surface area contributed by atoms with Crippen LogP contribution in [0.3, 0.4) is 0 Å². The van der Waals surface area contributed by atoms with Gasteiger partial charge < -0.3 is 9.80 Å². The lowest BCUT2D eigenvalue weighted by Crippen LogP contribution is -2.26. The van der Waals surface area contributed by atoms with Crippen molar-refractivity contribution in [3.63, 3.8) is 0 Å². The van der Waals surface area contributed by atoms with Gasteiger partial charge in [-0.3, -0.25) is 0 Å². The van der Waals surface area contributed by atoms with E-state index in [2.05, 4.69) is 37.5 Å². The van der Waals surface area contributed by atoms with Crippen molar-refractivity contribution in [3.05, 3.63) is 0 Å². The minimum absolute atomic E-state index is 1.00. The van der Waals surface area contributed by atoms with Crippen molar-refractivity contribution < 1.29 is 0 Å². The van der Waals surface area contributed by atoms with Gasteiger partial charge in [-0.2, -0.15) is 11.8 Å². The molecule has 0 aliphatic carbocycles.